The maximum Gasteiger partial charge on any atom is 0.326 e. The predicted molar refractivity (Wildman–Crippen MR) is 165 cm³/mol. The Bertz CT molecular complexity index is 1080. The first-order chi connectivity index (χ1) is 21.0. The van der Waals surface area contributed by atoms with Crippen molar-refractivity contribution in [1.82, 2.24) is 26.2 Å². The molecule has 1 rings (SSSR count). The van der Waals surface area contributed by atoms with Gasteiger partial charge < -0.3 is 53.6 Å². The van der Waals surface area contributed by atoms with E-state index in [1.54, 1.807) is 13.8 Å². The molecule has 0 aromatic rings. The van der Waals surface area contributed by atoms with Gasteiger partial charge in [0.05, 0.1) is 12.6 Å². The van der Waals surface area contributed by atoms with Gasteiger partial charge in [-0.25, -0.2) is 4.79 Å². The fourth-order valence-corrected chi connectivity index (χ4v) is 4.72. The molecule has 0 spiro atoms. The first-order valence-corrected chi connectivity index (χ1v) is 15.2. The molecule has 0 saturated carbocycles. The average Bonchev–Trinajstić information content (AvgIpc) is 3.47. The average molecular weight is 642 g/mol. The summed E-state index contributed by atoms with van der Waals surface area (Å²) in [5, 5.41) is 29.3. The number of rotatable bonds is 18. The zero-order valence-corrected chi connectivity index (χ0v) is 26.7. The highest BCUT2D eigenvalue weighted by atomic mass is 16.4. The summed E-state index contributed by atoms with van der Waals surface area (Å²) in [6.07, 6.45) is 1.67. The summed E-state index contributed by atoms with van der Waals surface area (Å²) in [5.74, 6) is -5.43. The zero-order chi connectivity index (χ0) is 34.4. The highest BCUT2D eigenvalue weighted by Crippen LogP contribution is 2.22. The van der Waals surface area contributed by atoms with Crippen LogP contribution in [-0.4, -0.2) is 113 Å². The minimum Gasteiger partial charge on any atom is -0.480 e. The molecule has 1 heterocycles. The highest BCUT2D eigenvalue weighted by molar-refractivity contribution is 5.96. The second-order valence-electron chi connectivity index (χ2n) is 11.7. The largest absolute Gasteiger partial charge is 0.480 e. The number of carbonyl (C=O) groups excluding carboxylic acids is 5. The van der Waals surface area contributed by atoms with E-state index in [2.05, 4.69) is 26.3 Å². The number of amides is 5. The van der Waals surface area contributed by atoms with Gasteiger partial charge in [-0.2, -0.15) is 0 Å². The van der Waals surface area contributed by atoms with E-state index < -0.39 is 84.3 Å². The van der Waals surface area contributed by atoms with E-state index in [9.17, 15) is 39.0 Å². The molecular weight excluding hydrogens is 590 g/mol. The fourth-order valence-electron chi connectivity index (χ4n) is 4.72. The lowest BCUT2D eigenvalue weighted by molar-refractivity contribution is -0.143. The molecule has 7 atom stereocenters. The number of hydrogen-bond acceptors (Lipinski definition) is 9. The maximum absolute atomic E-state index is 13.6. The second kappa shape index (κ2) is 18.7. The third kappa shape index (κ3) is 12.1. The van der Waals surface area contributed by atoms with E-state index in [1.165, 1.54) is 11.8 Å². The van der Waals surface area contributed by atoms with Crippen LogP contribution in [0.15, 0.2) is 4.99 Å². The number of nitrogens with one attached hydrogen (secondary N) is 4. The van der Waals surface area contributed by atoms with E-state index in [0.29, 0.717) is 19.3 Å². The molecule has 17 heteroatoms. The van der Waals surface area contributed by atoms with Crippen molar-refractivity contribution in [3.8, 4) is 0 Å². The Morgan fingerprint density at radius 3 is 2.04 bits per heavy atom. The van der Waals surface area contributed by atoms with Crippen LogP contribution >= 0.6 is 0 Å². The number of likely N-dealkylation sites (tertiary alicyclic amines) is 1. The van der Waals surface area contributed by atoms with Gasteiger partial charge in [0.15, 0.2) is 5.96 Å². The van der Waals surface area contributed by atoms with Gasteiger partial charge in [-0.3, -0.25) is 29.0 Å². The number of carbonyl (C=O) groups is 6. The van der Waals surface area contributed by atoms with E-state index in [0.717, 1.165) is 0 Å². The summed E-state index contributed by atoms with van der Waals surface area (Å²) in [7, 11) is 0. The minimum atomic E-state index is -1.51. The maximum atomic E-state index is 13.6. The van der Waals surface area contributed by atoms with Gasteiger partial charge >= 0.3 is 5.97 Å². The van der Waals surface area contributed by atoms with Crippen LogP contribution in [-0.2, 0) is 28.8 Å². The fraction of sp³-hybridized carbons (Fsp3) is 0.750. The van der Waals surface area contributed by atoms with Crippen molar-refractivity contribution in [2.24, 2.45) is 34.0 Å². The molecule has 1 aliphatic rings. The van der Waals surface area contributed by atoms with Crippen molar-refractivity contribution in [3.05, 3.63) is 0 Å². The van der Waals surface area contributed by atoms with Crippen LogP contribution in [0.2, 0.25) is 0 Å². The number of nitrogens with two attached hydrogens (primary N) is 3. The third-order valence-corrected chi connectivity index (χ3v) is 7.65. The van der Waals surface area contributed by atoms with E-state index in [4.69, 9.17) is 17.2 Å². The van der Waals surface area contributed by atoms with Gasteiger partial charge in [-0.15, -0.1) is 0 Å². The predicted octanol–water partition coefficient (Wildman–Crippen LogP) is -2.90. The van der Waals surface area contributed by atoms with Crippen LogP contribution in [0.1, 0.15) is 66.7 Å². The van der Waals surface area contributed by atoms with Crippen molar-refractivity contribution < 1.29 is 39.0 Å². The molecule has 256 valence electrons. The van der Waals surface area contributed by atoms with Gasteiger partial charge in [0, 0.05) is 13.1 Å². The summed E-state index contributed by atoms with van der Waals surface area (Å²) in [5.41, 5.74) is 16.2. The standard InChI is InChI=1S/C28H51N9O8/c1-6-15(4)21(36-22(39)16(5)29)26(43)37-12-8-10-19(37)24(41)35-20(14(2)3)25(42)34-18(13-38)23(40)33-17(27(44)45)9-7-11-32-28(30)31/h14-21,38H,6-13,29H2,1-5H3,(H,33,40)(H,34,42)(H,35,41)(H,36,39)(H,44,45)(H4,30,31,32)/t15-,16-,17-,18-,19-,20-,21-/m0/s1. The van der Waals surface area contributed by atoms with Gasteiger partial charge in [0.1, 0.15) is 30.2 Å². The Morgan fingerprint density at radius 2 is 1.53 bits per heavy atom. The van der Waals surface area contributed by atoms with E-state index in [1.807, 2.05) is 13.8 Å². The van der Waals surface area contributed by atoms with E-state index in [-0.39, 0.29) is 37.8 Å². The summed E-state index contributed by atoms with van der Waals surface area (Å²) in [4.78, 5) is 82.1. The Labute approximate surface area is 263 Å². The number of carboxylic acids is 1. The number of guanidine groups is 1. The molecule has 0 aromatic heterocycles. The number of aliphatic carboxylic acids is 1. The minimum absolute atomic E-state index is 0.0158. The van der Waals surface area contributed by atoms with Crippen molar-refractivity contribution >= 4 is 41.5 Å². The quantitative estimate of drug-likeness (QED) is 0.0415. The molecule has 0 bridgehead atoms. The first-order valence-electron chi connectivity index (χ1n) is 15.2. The van der Waals surface area contributed by atoms with Gasteiger partial charge in [0.2, 0.25) is 29.5 Å². The molecule has 1 saturated heterocycles. The highest BCUT2D eigenvalue weighted by Gasteiger charge is 2.41. The number of hydrogen-bond donors (Lipinski definition) is 9. The molecule has 45 heavy (non-hydrogen) atoms. The molecule has 12 N–H and O–H groups in total. The number of aliphatic hydroxyl groups excluding tert-OH is 1. The second-order valence-corrected chi connectivity index (χ2v) is 11.7. The monoisotopic (exact) mass is 641 g/mol. The van der Waals surface area contributed by atoms with Crippen LogP contribution in [0.4, 0.5) is 0 Å². The molecule has 1 aliphatic heterocycles. The van der Waals surface area contributed by atoms with Crippen LogP contribution in [0.5, 0.6) is 0 Å². The zero-order valence-electron chi connectivity index (χ0n) is 26.7. The van der Waals surface area contributed by atoms with Crippen LogP contribution in [0, 0.1) is 11.8 Å². The lowest BCUT2D eigenvalue weighted by Crippen LogP contribution is -2.60. The van der Waals surface area contributed by atoms with E-state index >= 15 is 0 Å². The SMILES string of the molecule is CC[C@H](C)[C@H](NC(=O)[C@H](C)N)C(=O)N1CCC[C@H]1C(=O)N[C@H](C(=O)N[C@@H](CO)C(=O)N[C@@H](CCCN=C(N)N)C(=O)O)C(C)C. The number of aliphatic imine (C=N–C) groups is 1. The molecule has 0 radical (unpaired) electrons. The molecule has 0 aromatic carbocycles. The number of carboxylic acid groups (broad SMARTS) is 1. The van der Waals surface area contributed by atoms with Crippen LogP contribution in [0.25, 0.3) is 0 Å². The van der Waals surface area contributed by atoms with Crippen LogP contribution in [0.3, 0.4) is 0 Å². The summed E-state index contributed by atoms with van der Waals surface area (Å²) >= 11 is 0. The summed E-state index contributed by atoms with van der Waals surface area (Å²) < 4.78 is 0. The summed E-state index contributed by atoms with van der Waals surface area (Å²) in [6.45, 7) is 8.09. The van der Waals surface area contributed by atoms with Crippen LogP contribution < -0.4 is 38.5 Å². The topological polar surface area (TPSA) is 285 Å². The van der Waals surface area contributed by atoms with Crippen molar-refractivity contribution in [2.75, 3.05) is 19.7 Å². The first kappa shape index (κ1) is 39.0. The Hall–Kier alpha value is -3.99. The smallest absolute Gasteiger partial charge is 0.326 e. The third-order valence-electron chi connectivity index (χ3n) is 7.65. The lowest BCUT2D eigenvalue weighted by atomic mass is 9.97. The normalized spacial score (nSPS) is 18.5. The molecule has 0 aliphatic carbocycles. The van der Waals surface area contributed by atoms with Gasteiger partial charge in [0.25, 0.3) is 0 Å². The van der Waals surface area contributed by atoms with Crippen molar-refractivity contribution in [2.45, 2.75) is 103 Å². The molecule has 0 unspecified atom stereocenters. The molecule has 17 nitrogen and oxygen atoms in total. The van der Waals surface area contributed by atoms with Gasteiger partial charge in [-0.05, 0) is 44.4 Å². The Morgan fingerprint density at radius 1 is 0.911 bits per heavy atom. The van der Waals surface area contributed by atoms with Crippen molar-refractivity contribution in [3.63, 3.8) is 0 Å². The molecule has 5 amide bonds. The molecule has 1 fully saturated rings. The molecular formula is C28H51N9O8. The number of nitrogens with zero attached hydrogens (tertiary/aromatic N) is 2. The van der Waals surface area contributed by atoms with Crippen molar-refractivity contribution in [1.29, 1.82) is 0 Å². The summed E-state index contributed by atoms with van der Waals surface area (Å²) in [6, 6.07) is -6.63. The Balaban J connectivity index is 2.99. The van der Waals surface area contributed by atoms with Gasteiger partial charge in [-0.1, -0.05) is 34.1 Å². The number of aliphatic hydroxyl groups is 1. The Kier molecular flexibility index (Phi) is 16.2. The lowest BCUT2D eigenvalue weighted by Gasteiger charge is -2.33.